The van der Waals surface area contributed by atoms with Gasteiger partial charge in [0.1, 0.15) is 0 Å². The molecule has 2 unspecified atom stereocenters. The molecule has 0 aliphatic carbocycles. The van der Waals surface area contributed by atoms with Crippen LogP contribution in [0.15, 0.2) is 53.7 Å². The molecule has 0 fully saturated rings. The van der Waals surface area contributed by atoms with Crippen LogP contribution in [0.25, 0.3) is 11.0 Å². The molecular formula is C18H18ClN3OS. The van der Waals surface area contributed by atoms with Gasteiger partial charge in [-0.3, -0.25) is 4.79 Å². The van der Waals surface area contributed by atoms with Gasteiger partial charge in [0, 0.05) is 5.02 Å². The van der Waals surface area contributed by atoms with Gasteiger partial charge in [0.25, 0.3) is 0 Å². The van der Waals surface area contributed by atoms with Crippen molar-refractivity contribution in [1.82, 2.24) is 15.3 Å². The Labute approximate surface area is 150 Å². The predicted molar refractivity (Wildman–Crippen MR) is 99.4 cm³/mol. The number of carbonyl (C=O) groups is 1. The Kier molecular flexibility index (Phi) is 5.11. The molecule has 0 saturated heterocycles. The molecule has 3 aromatic rings. The number of fused-ring (bicyclic) bond motifs is 1. The largest absolute Gasteiger partial charge is 0.349 e. The first-order valence-corrected chi connectivity index (χ1v) is 8.96. The van der Waals surface area contributed by atoms with Crippen molar-refractivity contribution in [3.8, 4) is 0 Å². The first-order valence-electron chi connectivity index (χ1n) is 7.70. The summed E-state index contributed by atoms with van der Waals surface area (Å²) < 4.78 is 0. The molecule has 0 spiro atoms. The van der Waals surface area contributed by atoms with Crippen LogP contribution in [0.1, 0.15) is 25.5 Å². The highest BCUT2D eigenvalue weighted by Crippen LogP contribution is 2.25. The van der Waals surface area contributed by atoms with Crippen LogP contribution < -0.4 is 5.32 Å². The predicted octanol–water partition coefficient (Wildman–Crippen LogP) is 4.57. The molecule has 6 heteroatoms. The van der Waals surface area contributed by atoms with Gasteiger partial charge in [-0.1, -0.05) is 53.7 Å². The van der Waals surface area contributed by atoms with E-state index in [0.29, 0.717) is 10.2 Å². The maximum absolute atomic E-state index is 12.4. The van der Waals surface area contributed by atoms with Gasteiger partial charge in [0.2, 0.25) is 5.91 Å². The summed E-state index contributed by atoms with van der Waals surface area (Å²) in [5, 5.41) is 4.15. The lowest BCUT2D eigenvalue weighted by Gasteiger charge is -2.17. The van der Waals surface area contributed by atoms with E-state index in [1.54, 1.807) is 6.07 Å². The number of aromatic amines is 1. The fourth-order valence-electron chi connectivity index (χ4n) is 2.39. The number of amides is 1. The van der Waals surface area contributed by atoms with Crippen LogP contribution in [-0.4, -0.2) is 21.1 Å². The number of benzene rings is 2. The number of aromatic nitrogens is 2. The first kappa shape index (κ1) is 16.9. The molecule has 0 saturated carbocycles. The summed E-state index contributed by atoms with van der Waals surface area (Å²) in [5.74, 6) is -0.0187. The Morgan fingerprint density at radius 3 is 2.71 bits per heavy atom. The van der Waals surface area contributed by atoms with E-state index < -0.39 is 0 Å². The van der Waals surface area contributed by atoms with E-state index in [4.69, 9.17) is 11.6 Å². The zero-order valence-corrected chi connectivity index (χ0v) is 15.0. The summed E-state index contributed by atoms with van der Waals surface area (Å²) in [5.41, 5.74) is 2.80. The molecule has 1 amide bonds. The average Bonchev–Trinajstić information content (AvgIpc) is 2.96. The molecule has 1 aromatic heterocycles. The molecular weight excluding hydrogens is 342 g/mol. The molecule has 2 N–H and O–H groups in total. The highest BCUT2D eigenvalue weighted by molar-refractivity contribution is 8.00. The number of H-pyrrole nitrogens is 1. The molecule has 2 atom stereocenters. The minimum absolute atomic E-state index is 0.0187. The van der Waals surface area contributed by atoms with Crippen LogP contribution in [0.5, 0.6) is 0 Å². The molecule has 24 heavy (non-hydrogen) atoms. The van der Waals surface area contributed by atoms with E-state index >= 15 is 0 Å². The molecule has 0 bridgehead atoms. The standard InChI is InChI=1S/C18H18ClN3OS/c1-11(13-6-4-3-5-7-13)20-17(23)12(2)24-18-21-15-9-8-14(19)10-16(15)22-18/h3-12H,1-2H3,(H,20,23)(H,21,22). The van der Waals surface area contributed by atoms with Crippen molar-refractivity contribution in [2.75, 3.05) is 0 Å². The van der Waals surface area contributed by atoms with Crippen LogP contribution in [0.2, 0.25) is 5.02 Å². The van der Waals surface area contributed by atoms with E-state index in [2.05, 4.69) is 15.3 Å². The summed E-state index contributed by atoms with van der Waals surface area (Å²) >= 11 is 7.38. The number of rotatable bonds is 5. The molecule has 3 rings (SSSR count). The van der Waals surface area contributed by atoms with Gasteiger partial charge in [-0.2, -0.15) is 0 Å². The number of carbonyl (C=O) groups excluding carboxylic acids is 1. The quantitative estimate of drug-likeness (QED) is 0.656. The summed E-state index contributed by atoms with van der Waals surface area (Å²) in [4.78, 5) is 20.1. The summed E-state index contributed by atoms with van der Waals surface area (Å²) in [7, 11) is 0. The Balaban J connectivity index is 1.64. The summed E-state index contributed by atoms with van der Waals surface area (Å²) in [6.07, 6.45) is 0. The average molecular weight is 360 g/mol. The van der Waals surface area contributed by atoms with Gasteiger partial charge in [0.15, 0.2) is 5.16 Å². The van der Waals surface area contributed by atoms with E-state index in [1.165, 1.54) is 11.8 Å². The second-order valence-corrected chi connectivity index (χ2v) is 7.37. The minimum Gasteiger partial charge on any atom is -0.349 e. The minimum atomic E-state index is -0.257. The first-order chi connectivity index (χ1) is 11.5. The van der Waals surface area contributed by atoms with Crippen LogP contribution in [-0.2, 0) is 4.79 Å². The second-order valence-electron chi connectivity index (χ2n) is 5.60. The van der Waals surface area contributed by atoms with Crippen molar-refractivity contribution in [1.29, 1.82) is 0 Å². The van der Waals surface area contributed by atoms with Gasteiger partial charge in [-0.15, -0.1) is 0 Å². The number of hydrogen-bond donors (Lipinski definition) is 2. The number of halogens is 1. The van der Waals surface area contributed by atoms with Gasteiger partial charge >= 0.3 is 0 Å². The van der Waals surface area contributed by atoms with Crippen molar-refractivity contribution in [3.63, 3.8) is 0 Å². The highest BCUT2D eigenvalue weighted by Gasteiger charge is 2.19. The van der Waals surface area contributed by atoms with Crippen LogP contribution in [0.4, 0.5) is 0 Å². The second kappa shape index (κ2) is 7.28. The molecule has 0 aliphatic heterocycles. The van der Waals surface area contributed by atoms with Gasteiger partial charge < -0.3 is 10.3 Å². The van der Waals surface area contributed by atoms with E-state index in [9.17, 15) is 4.79 Å². The van der Waals surface area contributed by atoms with Gasteiger partial charge in [0.05, 0.1) is 22.3 Å². The van der Waals surface area contributed by atoms with E-state index in [0.717, 1.165) is 16.6 Å². The van der Waals surface area contributed by atoms with Crippen LogP contribution in [0.3, 0.4) is 0 Å². The van der Waals surface area contributed by atoms with Crippen molar-refractivity contribution in [3.05, 3.63) is 59.1 Å². The number of nitrogens with one attached hydrogen (secondary N) is 2. The number of imidazole rings is 1. The van der Waals surface area contributed by atoms with Crippen molar-refractivity contribution < 1.29 is 4.79 Å². The van der Waals surface area contributed by atoms with Crippen molar-refractivity contribution in [2.24, 2.45) is 0 Å². The third-order valence-corrected chi connectivity index (χ3v) is 4.96. The molecule has 2 aromatic carbocycles. The van der Waals surface area contributed by atoms with Crippen molar-refractivity contribution >= 4 is 40.3 Å². The smallest absolute Gasteiger partial charge is 0.233 e. The van der Waals surface area contributed by atoms with Gasteiger partial charge in [-0.05, 0) is 37.6 Å². The number of thioether (sulfide) groups is 1. The molecule has 4 nitrogen and oxygen atoms in total. The fourth-order valence-corrected chi connectivity index (χ4v) is 3.39. The normalized spacial score (nSPS) is 13.6. The third-order valence-electron chi connectivity index (χ3n) is 3.74. The Hall–Kier alpha value is -1.98. The van der Waals surface area contributed by atoms with Gasteiger partial charge in [-0.25, -0.2) is 4.98 Å². The maximum atomic E-state index is 12.4. The van der Waals surface area contributed by atoms with E-state index in [1.807, 2.05) is 56.3 Å². The Morgan fingerprint density at radius 2 is 1.96 bits per heavy atom. The molecule has 0 radical (unpaired) electrons. The zero-order chi connectivity index (χ0) is 17.1. The Bertz CT molecular complexity index is 850. The van der Waals surface area contributed by atoms with Crippen LogP contribution in [0, 0.1) is 0 Å². The molecule has 1 heterocycles. The molecule has 124 valence electrons. The zero-order valence-electron chi connectivity index (χ0n) is 13.4. The summed E-state index contributed by atoms with van der Waals surface area (Å²) in [6, 6.07) is 15.4. The third kappa shape index (κ3) is 3.91. The number of hydrogen-bond acceptors (Lipinski definition) is 3. The lowest BCUT2D eigenvalue weighted by atomic mass is 10.1. The monoisotopic (exact) mass is 359 g/mol. The number of nitrogens with zero attached hydrogens (tertiary/aromatic N) is 1. The lowest BCUT2D eigenvalue weighted by molar-refractivity contribution is -0.120. The Morgan fingerprint density at radius 1 is 1.21 bits per heavy atom. The molecule has 0 aliphatic rings. The topological polar surface area (TPSA) is 57.8 Å². The maximum Gasteiger partial charge on any atom is 0.233 e. The summed E-state index contributed by atoms with van der Waals surface area (Å²) in [6.45, 7) is 3.85. The fraction of sp³-hybridized carbons (Fsp3) is 0.222. The SMILES string of the molecule is CC(Sc1nc2ccc(Cl)cc2[nH]1)C(=O)NC(C)c1ccccc1. The lowest BCUT2D eigenvalue weighted by Crippen LogP contribution is -2.33. The van der Waals surface area contributed by atoms with E-state index in [-0.39, 0.29) is 17.2 Å². The highest BCUT2D eigenvalue weighted by atomic mass is 35.5. The van der Waals surface area contributed by atoms with Crippen LogP contribution >= 0.6 is 23.4 Å². The van der Waals surface area contributed by atoms with Crippen molar-refractivity contribution in [2.45, 2.75) is 30.3 Å².